The molecular formula is C21H42NNaO3. The van der Waals surface area contributed by atoms with Gasteiger partial charge in [-0.3, -0.25) is 4.79 Å². The van der Waals surface area contributed by atoms with Crippen molar-refractivity contribution in [2.24, 2.45) is 5.92 Å². The van der Waals surface area contributed by atoms with Gasteiger partial charge in [0.1, 0.15) is 6.04 Å². The Morgan fingerprint density at radius 2 is 1.27 bits per heavy atom. The number of unbranched alkanes of at least 4 members (excludes halogenated alkanes) is 11. The summed E-state index contributed by atoms with van der Waals surface area (Å²) in [7, 11) is 0. The van der Waals surface area contributed by atoms with Crippen LogP contribution in [0.4, 0.5) is 0 Å². The second kappa shape index (κ2) is 19.7. The second-order valence-electron chi connectivity index (χ2n) is 7.41. The van der Waals surface area contributed by atoms with E-state index in [-0.39, 0.29) is 42.8 Å². The van der Waals surface area contributed by atoms with Gasteiger partial charge in [0.25, 0.3) is 0 Å². The monoisotopic (exact) mass is 379 g/mol. The Hall–Kier alpha value is -0.0600. The summed E-state index contributed by atoms with van der Waals surface area (Å²) < 4.78 is 0. The van der Waals surface area contributed by atoms with E-state index in [2.05, 4.69) is 12.2 Å². The maximum absolute atomic E-state index is 11.9. The van der Waals surface area contributed by atoms with Crippen LogP contribution in [0.5, 0.6) is 0 Å². The third-order valence-corrected chi connectivity index (χ3v) is 5.05. The molecule has 0 aromatic heterocycles. The Morgan fingerprint density at radius 3 is 1.65 bits per heavy atom. The van der Waals surface area contributed by atoms with Crippen LogP contribution in [0.1, 0.15) is 112 Å². The molecule has 0 heterocycles. The van der Waals surface area contributed by atoms with Crippen molar-refractivity contribution in [3.8, 4) is 0 Å². The zero-order valence-electron chi connectivity index (χ0n) is 18.8. The van der Waals surface area contributed by atoms with E-state index in [1.165, 1.54) is 64.2 Å². The van der Waals surface area contributed by atoms with E-state index in [0.717, 1.165) is 19.3 Å². The Bertz CT molecular complexity index is 356. The molecule has 26 heavy (non-hydrogen) atoms. The SMILES string of the molecule is CCCCCCCCCCCCCCC(=O)N[C@H](C(=O)O)C(C)CC.[H-].[Na+]. The molecule has 0 aliphatic heterocycles. The fourth-order valence-electron chi connectivity index (χ4n) is 3.06. The third kappa shape index (κ3) is 16.1. The molecular weight excluding hydrogens is 337 g/mol. The van der Waals surface area contributed by atoms with Crippen LogP contribution in [0.3, 0.4) is 0 Å². The van der Waals surface area contributed by atoms with E-state index in [1.807, 2.05) is 13.8 Å². The van der Waals surface area contributed by atoms with Crippen molar-refractivity contribution >= 4 is 11.9 Å². The van der Waals surface area contributed by atoms with E-state index in [9.17, 15) is 14.7 Å². The van der Waals surface area contributed by atoms with Crippen LogP contribution in [0.25, 0.3) is 0 Å². The van der Waals surface area contributed by atoms with Gasteiger partial charge in [-0.1, -0.05) is 97.8 Å². The largest absolute Gasteiger partial charge is 1.00 e. The Labute approximate surface area is 185 Å². The number of aliphatic carboxylic acids is 1. The molecule has 0 bridgehead atoms. The molecule has 0 aliphatic rings. The van der Waals surface area contributed by atoms with Gasteiger partial charge in [-0.25, -0.2) is 4.79 Å². The molecule has 0 rings (SSSR count). The predicted molar refractivity (Wildman–Crippen MR) is 106 cm³/mol. The zero-order chi connectivity index (χ0) is 18.9. The van der Waals surface area contributed by atoms with Crippen molar-refractivity contribution in [2.45, 2.75) is 117 Å². The van der Waals surface area contributed by atoms with Gasteiger partial charge in [0.2, 0.25) is 5.91 Å². The van der Waals surface area contributed by atoms with Gasteiger partial charge < -0.3 is 11.8 Å². The number of hydrogen-bond acceptors (Lipinski definition) is 2. The van der Waals surface area contributed by atoms with Gasteiger partial charge in [0.05, 0.1) is 0 Å². The normalized spacial score (nSPS) is 12.9. The molecule has 0 aliphatic carbocycles. The van der Waals surface area contributed by atoms with Crippen molar-refractivity contribution in [3.63, 3.8) is 0 Å². The number of carboxylic acids is 1. The summed E-state index contributed by atoms with van der Waals surface area (Å²) in [6.45, 7) is 6.06. The minimum absolute atomic E-state index is 0. The fraction of sp³-hybridized carbons (Fsp3) is 0.905. The van der Waals surface area contributed by atoms with Crippen LogP contribution in [-0.2, 0) is 9.59 Å². The first-order valence-electron chi connectivity index (χ1n) is 10.5. The van der Waals surface area contributed by atoms with Crippen LogP contribution in [0.2, 0.25) is 0 Å². The maximum Gasteiger partial charge on any atom is 1.00 e. The van der Waals surface area contributed by atoms with Gasteiger partial charge in [-0.2, -0.15) is 0 Å². The Kier molecular flexibility index (Phi) is 21.3. The first-order chi connectivity index (χ1) is 12.0. The number of carboxylic acid groups (broad SMARTS) is 1. The summed E-state index contributed by atoms with van der Waals surface area (Å²) in [5, 5.41) is 11.9. The van der Waals surface area contributed by atoms with Gasteiger partial charge in [0, 0.05) is 6.42 Å². The molecule has 0 aromatic rings. The molecule has 2 atom stereocenters. The summed E-state index contributed by atoms with van der Waals surface area (Å²) in [6.07, 6.45) is 16.4. The molecule has 0 saturated heterocycles. The smallest absolute Gasteiger partial charge is 1.00 e. The fourth-order valence-corrected chi connectivity index (χ4v) is 3.06. The Balaban J connectivity index is -0.00000288. The number of carbonyl (C=O) groups is 2. The van der Waals surface area contributed by atoms with Crippen LogP contribution < -0.4 is 34.9 Å². The molecule has 4 nitrogen and oxygen atoms in total. The Morgan fingerprint density at radius 1 is 0.846 bits per heavy atom. The molecule has 0 radical (unpaired) electrons. The number of amides is 1. The van der Waals surface area contributed by atoms with Crippen molar-refractivity contribution in [1.29, 1.82) is 0 Å². The first-order valence-corrected chi connectivity index (χ1v) is 10.5. The minimum atomic E-state index is -0.933. The molecule has 5 heteroatoms. The average Bonchev–Trinajstić information content (AvgIpc) is 2.59. The van der Waals surface area contributed by atoms with Crippen LogP contribution in [0, 0.1) is 5.92 Å². The third-order valence-electron chi connectivity index (χ3n) is 5.05. The number of carbonyl (C=O) groups excluding carboxylic acids is 1. The van der Waals surface area contributed by atoms with Crippen molar-refractivity contribution in [1.82, 2.24) is 5.32 Å². The van der Waals surface area contributed by atoms with Crippen molar-refractivity contribution < 1.29 is 45.7 Å². The molecule has 150 valence electrons. The van der Waals surface area contributed by atoms with Crippen LogP contribution in [-0.4, -0.2) is 23.0 Å². The quantitative estimate of drug-likeness (QED) is 0.302. The van der Waals surface area contributed by atoms with E-state index in [1.54, 1.807) is 0 Å². The van der Waals surface area contributed by atoms with Crippen molar-refractivity contribution in [2.75, 3.05) is 0 Å². The van der Waals surface area contributed by atoms with E-state index in [0.29, 0.717) is 6.42 Å². The summed E-state index contributed by atoms with van der Waals surface area (Å²) >= 11 is 0. The van der Waals surface area contributed by atoms with Gasteiger partial charge in [-0.15, -0.1) is 0 Å². The van der Waals surface area contributed by atoms with E-state index >= 15 is 0 Å². The van der Waals surface area contributed by atoms with Gasteiger partial charge in [0.15, 0.2) is 0 Å². The molecule has 0 aromatic carbocycles. The summed E-state index contributed by atoms with van der Waals surface area (Å²) in [5.41, 5.74) is 0. The number of nitrogens with one attached hydrogen (secondary N) is 1. The molecule has 0 spiro atoms. The number of hydrogen-bond donors (Lipinski definition) is 2. The first kappa shape index (κ1) is 28.2. The molecule has 2 N–H and O–H groups in total. The summed E-state index contributed by atoms with van der Waals surface area (Å²) in [5.74, 6) is -1.10. The van der Waals surface area contributed by atoms with Crippen LogP contribution in [0.15, 0.2) is 0 Å². The summed E-state index contributed by atoms with van der Waals surface area (Å²) in [4.78, 5) is 23.1. The van der Waals surface area contributed by atoms with Gasteiger partial charge in [-0.05, 0) is 12.3 Å². The zero-order valence-corrected chi connectivity index (χ0v) is 19.8. The number of rotatable bonds is 17. The molecule has 0 saturated carbocycles. The van der Waals surface area contributed by atoms with E-state index < -0.39 is 12.0 Å². The second-order valence-corrected chi connectivity index (χ2v) is 7.41. The minimum Gasteiger partial charge on any atom is -1.00 e. The summed E-state index contributed by atoms with van der Waals surface area (Å²) in [6, 6.07) is -0.755. The average molecular weight is 380 g/mol. The van der Waals surface area contributed by atoms with Crippen LogP contribution >= 0.6 is 0 Å². The van der Waals surface area contributed by atoms with Gasteiger partial charge >= 0.3 is 35.5 Å². The van der Waals surface area contributed by atoms with E-state index in [4.69, 9.17) is 0 Å². The predicted octanol–water partition coefficient (Wildman–Crippen LogP) is 2.81. The maximum atomic E-state index is 11.9. The van der Waals surface area contributed by atoms with Crippen molar-refractivity contribution in [3.05, 3.63) is 0 Å². The topological polar surface area (TPSA) is 66.4 Å². The molecule has 0 fully saturated rings. The molecule has 1 unspecified atom stereocenters. The standard InChI is InChI=1S/C21H41NO3.Na.H/c1-4-6-7-8-9-10-11-12-13-14-15-16-17-19(23)22-20(21(24)25)18(3)5-2;;/h18,20H,4-17H2,1-3H3,(H,22,23)(H,24,25);;/q;+1;-1/t18?,20-;;/m0../s1. The molecule has 1 amide bonds.